The first-order valence-corrected chi connectivity index (χ1v) is 9.01. The third-order valence-corrected chi connectivity index (χ3v) is 5.56. The lowest BCUT2D eigenvalue weighted by Crippen LogP contribution is -2.34. The van der Waals surface area contributed by atoms with Gasteiger partial charge in [0.15, 0.2) is 0 Å². The standard InChI is InChI=1S/C13H19Cl2N3O2S/c1-18(9-3-8-16-10-6-7-10)21(19,20)17-12-5-2-4-11(14)13(12)15/h2,4-5,10,16-17H,3,6-9H2,1H3. The minimum atomic E-state index is -3.63. The van der Waals surface area contributed by atoms with Crippen LogP contribution in [0.1, 0.15) is 19.3 Å². The van der Waals surface area contributed by atoms with Crippen molar-refractivity contribution in [1.82, 2.24) is 9.62 Å². The minimum Gasteiger partial charge on any atom is -0.314 e. The molecule has 0 aliphatic heterocycles. The van der Waals surface area contributed by atoms with Gasteiger partial charge in [-0.15, -0.1) is 0 Å². The Bertz CT molecular complexity index is 591. The molecule has 0 heterocycles. The molecule has 2 N–H and O–H groups in total. The summed E-state index contributed by atoms with van der Waals surface area (Å²) in [7, 11) is -2.09. The number of anilines is 1. The Morgan fingerprint density at radius 1 is 1.33 bits per heavy atom. The van der Waals surface area contributed by atoms with Crippen molar-refractivity contribution < 1.29 is 8.42 Å². The zero-order valence-corrected chi connectivity index (χ0v) is 14.1. The van der Waals surface area contributed by atoms with Gasteiger partial charge in [-0.2, -0.15) is 12.7 Å². The third kappa shape index (κ3) is 5.00. The fourth-order valence-electron chi connectivity index (χ4n) is 1.82. The number of hydrogen-bond donors (Lipinski definition) is 2. The molecule has 0 amide bonds. The van der Waals surface area contributed by atoms with E-state index in [2.05, 4.69) is 10.0 Å². The summed E-state index contributed by atoms with van der Waals surface area (Å²) in [6.07, 6.45) is 3.21. The molecule has 0 radical (unpaired) electrons. The van der Waals surface area contributed by atoms with Crippen molar-refractivity contribution in [2.75, 3.05) is 24.9 Å². The Morgan fingerprint density at radius 3 is 2.71 bits per heavy atom. The summed E-state index contributed by atoms with van der Waals surface area (Å²) in [6.45, 7) is 1.26. The molecule has 0 saturated heterocycles. The van der Waals surface area contributed by atoms with Gasteiger partial charge in [-0.05, 0) is 37.9 Å². The maximum Gasteiger partial charge on any atom is 0.301 e. The molecule has 2 rings (SSSR count). The van der Waals surface area contributed by atoms with E-state index in [4.69, 9.17) is 23.2 Å². The molecule has 8 heteroatoms. The highest BCUT2D eigenvalue weighted by molar-refractivity contribution is 7.90. The van der Waals surface area contributed by atoms with Gasteiger partial charge in [-0.25, -0.2) is 0 Å². The molecule has 21 heavy (non-hydrogen) atoms. The van der Waals surface area contributed by atoms with Crippen molar-refractivity contribution in [1.29, 1.82) is 0 Å². The van der Waals surface area contributed by atoms with Crippen LogP contribution in [0.3, 0.4) is 0 Å². The lowest BCUT2D eigenvalue weighted by molar-refractivity contribution is 0.458. The van der Waals surface area contributed by atoms with Crippen molar-refractivity contribution in [3.63, 3.8) is 0 Å². The Hall–Kier alpha value is -0.530. The monoisotopic (exact) mass is 351 g/mol. The van der Waals surface area contributed by atoms with Gasteiger partial charge in [0.1, 0.15) is 0 Å². The van der Waals surface area contributed by atoms with E-state index in [0.717, 1.165) is 13.0 Å². The normalized spacial score (nSPS) is 15.4. The van der Waals surface area contributed by atoms with Gasteiger partial charge in [-0.1, -0.05) is 29.3 Å². The zero-order chi connectivity index (χ0) is 15.5. The molecule has 0 bridgehead atoms. The quantitative estimate of drug-likeness (QED) is 0.708. The van der Waals surface area contributed by atoms with E-state index in [-0.39, 0.29) is 10.7 Å². The maximum absolute atomic E-state index is 12.2. The molecule has 0 unspecified atom stereocenters. The Morgan fingerprint density at radius 2 is 2.05 bits per heavy atom. The smallest absolute Gasteiger partial charge is 0.301 e. The molecule has 118 valence electrons. The second-order valence-corrected chi connectivity index (χ2v) is 7.67. The van der Waals surface area contributed by atoms with Gasteiger partial charge in [0.2, 0.25) is 0 Å². The Kier molecular flexibility index (Phi) is 5.73. The van der Waals surface area contributed by atoms with Gasteiger partial charge in [0.25, 0.3) is 0 Å². The molecule has 1 saturated carbocycles. The summed E-state index contributed by atoms with van der Waals surface area (Å²) >= 11 is 11.9. The van der Waals surface area contributed by atoms with Crippen LogP contribution < -0.4 is 10.0 Å². The first-order chi connectivity index (χ1) is 9.90. The number of nitrogens with zero attached hydrogens (tertiary/aromatic N) is 1. The molecule has 1 aromatic rings. The van der Waals surface area contributed by atoms with E-state index in [0.29, 0.717) is 17.6 Å². The summed E-state index contributed by atoms with van der Waals surface area (Å²) in [5.41, 5.74) is 0.284. The van der Waals surface area contributed by atoms with Crippen molar-refractivity contribution in [3.05, 3.63) is 28.2 Å². The van der Waals surface area contributed by atoms with Crippen LogP contribution in [0, 0.1) is 0 Å². The van der Waals surface area contributed by atoms with E-state index >= 15 is 0 Å². The number of hydrogen-bond acceptors (Lipinski definition) is 3. The van der Waals surface area contributed by atoms with Crippen LogP contribution in [0.15, 0.2) is 18.2 Å². The predicted octanol–water partition coefficient (Wildman–Crippen LogP) is 2.72. The third-order valence-electron chi connectivity index (χ3n) is 3.26. The van der Waals surface area contributed by atoms with Crippen molar-refractivity contribution in [2.45, 2.75) is 25.3 Å². The van der Waals surface area contributed by atoms with Crippen LogP contribution in [0.2, 0.25) is 10.0 Å². The van der Waals surface area contributed by atoms with Crippen LogP contribution in [0.5, 0.6) is 0 Å². The van der Waals surface area contributed by atoms with E-state index in [1.807, 2.05) is 0 Å². The predicted molar refractivity (Wildman–Crippen MR) is 87.3 cm³/mol. The SMILES string of the molecule is CN(CCCNC1CC1)S(=O)(=O)Nc1cccc(Cl)c1Cl. The molecular weight excluding hydrogens is 333 g/mol. The fourth-order valence-corrected chi connectivity index (χ4v) is 3.19. The summed E-state index contributed by atoms with van der Waals surface area (Å²) in [5, 5.41) is 3.86. The van der Waals surface area contributed by atoms with Crippen molar-refractivity contribution in [2.24, 2.45) is 0 Å². The second kappa shape index (κ2) is 7.15. The summed E-state index contributed by atoms with van der Waals surface area (Å²) < 4.78 is 28.1. The minimum absolute atomic E-state index is 0.201. The lowest BCUT2D eigenvalue weighted by atomic mass is 10.3. The topological polar surface area (TPSA) is 61.4 Å². The summed E-state index contributed by atoms with van der Waals surface area (Å²) in [5.74, 6) is 0. The number of rotatable bonds is 8. The maximum atomic E-state index is 12.2. The van der Waals surface area contributed by atoms with Gasteiger partial charge in [-0.3, -0.25) is 4.72 Å². The van der Waals surface area contributed by atoms with Gasteiger partial charge in [0.05, 0.1) is 15.7 Å². The number of benzene rings is 1. The lowest BCUT2D eigenvalue weighted by Gasteiger charge is -2.19. The average Bonchev–Trinajstić information content (AvgIpc) is 3.23. The Balaban J connectivity index is 1.88. The van der Waals surface area contributed by atoms with Gasteiger partial charge in [0, 0.05) is 19.6 Å². The first kappa shape index (κ1) is 16.8. The molecule has 0 spiro atoms. The van der Waals surface area contributed by atoms with Crippen LogP contribution >= 0.6 is 23.2 Å². The molecule has 1 aromatic carbocycles. The van der Waals surface area contributed by atoms with E-state index in [1.54, 1.807) is 18.2 Å². The average molecular weight is 352 g/mol. The molecular formula is C13H19Cl2N3O2S. The zero-order valence-electron chi connectivity index (χ0n) is 11.8. The van der Waals surface area contributed by atoms with Gasteiger partial charge < -0.3 is 5.32 Å². The van der Waals surface area contributed by atoms with E-state index < -0.39 is 10.2 Å². The van der Waals surface area contributed by atoms with Crippen molar-refractivity contribution >= 4 is 39.1 Å². The summed E-state index contributed by atoms with van der Waals surface area (Å²) in [4.78, 5) is 0. The van der Waals surface area contributed by atoms with Crippen LogP contribution in [0.4, 0.5) is 5.69 Å². The molecule has 1 aliphatic carbocycles. The fraction of sp³-hybridized carbons (Fsp3) is 0.538. The molecule has 5 nitrogen and oxygen atoms in total. The van der Waals surface area contributed by atoms with Crippen LogP contribution in [-0.2, 0) is 10.2 Å². The Labute approximate surface area is 135 Å². The largest absolute Gasteiger partial charge is 0.314 e. The summed E-state index contributed by atoms with van der Waals surface area (Å²) in [6, 6.07) is 5.46. The van der Waals surface area contributed by atoms with E-state index in [9.17, 15) is 8.42 Å². The number of nitrogens with one attached hydrogen (secondary N) is 2. The highest BCUT2D eigenvalue weighted by atomic mass is 35.5. The van der Waals surface area contributed by atoms with Gasteiger partial charge >= 0.3 is 10.2 Å². The molecule has 1 fully saturated rings. The van der Waals surface area contributed by atoms with Crippen LogP contribution in [-0.4, -0.2) is 38.9 Å². The van der Waals surface area contributed by atoms with Crippen molar-refractivity contribution in [3.8, 4) is 0 Å². The highest BCUT2D eigenvalue weighted by Crippen LogP contribution is 2.30. The number of halogens is 2. The molecule has 0 atom stereocenters. The van der Waals surface area contributed by atoms with Crippen LogP contribution in [0.25, 0.3) is 0 Å². The molecule has 1 aliphatic rings. The van der Waals surface area contributed by atoms with E-state index in [1.165, 1.54) is 24.2 Å². The highest BCUT2D eigenvalue weighted by Gasteiger charge is 2.21. The first-order valence-electron chi connectivity index (χ1n) is 6.81. The molecule has 0 aromatic heterocycles. The second-order valence-electron chi connectivity index (χ2n) is 5.11.